The summed E-state index contributed by atoms with van der Waals surface area (Å²) in [5, 5.41) is 3.59. The SMILES string of the molecule is CSc1nc(C)c(CCC(=O)Nc2cc(C)ccn2)c(C)n1. The summed E-state index contributed by atoms with van der Waals surface area (Å²) in [7, 11) is 0. The van der Waals surface area contributed by atoms with Crippen LogP contribution in [0.4, 0.5) is 5.82 Å². The molecule has 1 N–H and O–H groups in total. The molecule has 2 aromatic rings. The number of nitrogens with zero attached hydrogens (tertiary/aromatic N) is 3. The zero-order chi connectivity index (χ0) is 16.1. The Labute approximate surface area is 135 Å². The van der Waals surface area contributed by atoms with Crippen molar-refractivity contribution in [3.8, 4) is 0 Å². The molecule has 116 valence electrons. The summed E-state index contributed by atoms with van der Waals surface area (Å²) in [6, 6.07) is 3.75. The van der Waals surface area contributed by atoms with Gasteiger partial charge in [-0.05, 0) is 56.7 Å². The van der Waals surface area contributed by atoms with E-state index in [1.165, 1.54) is 11.8 Å². The predicted octanol–water partition coefficient (Wildman–Crippen LogP) is 3.09. The van der Waals surface area contributed by atoms with Crippen LogP contribution in [-0.4, -0.2) is 27.1 Å². The maximum Gasteiger partial charge on any atom is 0.225 e. The smallest absolute Gasteiger partial charge is 0.225 e. The molecule has 2 rings (SSSR count). The number of nitrogens with one attached hydrogen (secondary N) is 1. The summed E-state index contributed by atoms with van der Waals surface area (Å²) >= 11 is 1.52. The van der Waals surface area contributed by atoms with Crippen LogP contribution in [0.15, 0.2) is 23.5 Å². The van der Waals surface area contributed by atoms with Gasteiger partial charge in [-0.15, -0.1) is 0 Å². The van der Waals surface area contributed by atoms with Gasteiger partial charge in [0.25, 0.3) is 0 Å². The molecule has 0 aromatic carbocycles. The number of pyridine rings is 1. The van der Waals surface area contributed by atoms with Crippen LogP contribution < -0.4 is 5.32 Å². The van der Waals surface area contributed by atoms with Crippen LogP contribution in [0.2, 0.25) is 0 Å². The molecule has 6 heteroatoms. The number of hydrogen-bond donors (Lipinski definition) is 1. The predicted molar refractivity (Wildman–Crippen MR) is 89.2 cm³/mol. The first-order chi connectivity index (χ1) is 10.5. The maximum absolute atomic E-state index is 12.0. The van der Waals surface area contributed by atoms with Gasteiger partial charge in [0.1, 0.15) is 5.82 Å². The van der Waals surface area contributed by atoms with E-state index >= 15 is 0 Å². The highest BCUT2D eigenvalue weighted by molar-refractivity contribution is 7.98. The Morgan fingerprint density at radius 1 is 1.23 bits per heavy atom. The number of rotatable bonds is 5. The van der Waals surface area contributed by atoms with Crippen LogP contribution in [0, 0.1) is 20.8 Å². The first kappa shape index (κ1) is 16.4. The highest BCUT2D eigenvalue weighted by Gasteiger charge is 2.11. The van der Waals surface area contributed by atoms with E-state index in [-0.39, 0.29) is 5.91 Å². The minimum absolute atomic E-state index is 0.0501. The third-order valence-corrected chi connectivity index (χ3v) is 3.92. The van der Waals surface area contributed by atoms with Gasteiger partial charge in [-0.3, -0.25) is 4.79 Å². The van der Waals surface area contributed by atoms with Crippen LogP contribution in [-0.2, 0) is 11.2 Å². The summed E-state index contributed by atoms with van der Waals surface area (Å²) in [5.74, 6) is 0.540. The second-order valence-electron chi connectivity index (χ2n) is 5.13. The van der Waals surface area contributed by atoms with E-state index < -0.39 is 0 Å². The third kappa shape index (κ3) is 4.27. The lowest BCUT2D eigenvalue weighted by Gasteiger charge is -2.10. The molecule has 22 heavy (non-hydrogen) atoms. The Hall–Kier alpha value is -1.95. The Morgan fingerprint density at radius 2 is 1.91 bits per heavy atom. The van der Waals surface area contributed by atoms with Crippen molar-refractivity contribution >= 4 is 23.5 Å². The summed E-state index contributed by atoms with van der Waals surface area (Å²) in [6.07, 6.45) is 4.66. The molecule has 0 unspecified atom stereocenters. The van der Waals surface area contributed by atoms with Crippen LogP contribution in [0.3, 0.4) is 0 Å². The molecule has 1 amide bonds. The van der Waals surface area contributed by atoms with Crippen LogP contribution >= 0.6 is 11.8 Å². The standard InChI is InChI=1S/C16H20N4OS/c1-10-7-8-17-14(9-10)20-15(21)6-5-13-11(2)18-16(22-4)19-12(13)3/h7-9H,5-6H2,1-4H3,(H,17,20,21). The Morgan fingerprint density at radius 3 is 2.50 bits per heavy atom. The van der Waals surface area contributed by atoms with Gasteiger partial charge in [0.15, 0.2) is 5.16 Å². The highest BCUT2D eigenvalue weighted by Crippen LogP contribution is 2.17. The number of thioether (sulfide) groups is 1. The van der Waals surface area contributed by atoms with Gasteiger partial charge in [-0.2, -0.15) is 0 Å². The fourth-order valence-electron chi connectivity index (χ4n) is 2.21. The quantitative estimate of drug-likeness (QED) is 0.678. The van der Waals surface area contributed by atoms with E-state index in [9.17, 15) is 4.79 Å². The monoisotopic (exact) mass is 316 g/mol. The molecule has 0 atom stereocenters. The first-order valence-corrected chi connectivity index (χ1v) is 8.32. The lowest BCUT2D eigenvalue weighted by Crippen LogP contribution is -2.14. The largest absolute Gasteiger partial charge is 0.311 e. The van der Waals surface area contributed by atoms with Gasteiger partial charge in [-0.1, -0.05) is 11.8 Å². The van der Waals surface area contributed by atoms with Crippen molar-refractivity contribution in [1.29, 1.82) is 0 Å². The van der Waals surface area contributed by atoms with Crippen molar-refractivity contribution in [3.05, 3.63) is 40.8 Å². The zero-order valence-corrected chi connectivity index (χ0v) is 14.1. The van der Waals surface area contributed by atoms with E-state index in [1.807, 2.05) is 39.2 Å². The summed E-state index contributed by atoms with van der Waals surface area (Å²) < 4.78 is 0. The molecule has 0 saturated heterocycles. The summed E-state index contributed by atoms with van der Waals surface area (Å²) in [4.78, 5) is 25.0. The minimum atomic E-state index is -0.0501. The van der Waals surface area contributed by atoms with Crippen molar-refractivity contribution in [1.82, 2.24) is 15.0 Å². The van der Waals surface area contributed by atoms with E-state index in [4.69, 9.17) is 0 Å². The Bertz CT molecular complexity index is 665. The fourth-order valence-corrected chi connectivity index (χ4v) is 2.67. The number of carbonyl (C=O) groups is 1. The van der Waals surface area contributed by atoms with E-state index in [0.29, 0.717) is 18.7 Å². The topological polar surface area (TPSA) is 67.8 Å². The molecule has 0 fully saturated rings. The number of aromatic nitrogens is 3. The number of aryl methyl sites for hydroxylation is 3. The lowest BCUT2D eigenvalue weighted by molar-refractivity contribution is -0.116. The third-order valence-electron chi connectivity index (χ3n) is 3.37. The Kier molecular flexibility index (Phi) is 5.49. The van der Waals surface area contributed by atoms with Crippen molar-refractivity contribution < 1.29 is 4.79 Å². The Balaban J connectivity index is 1.99. The van der Waals surface area contributed by atoms with Crippen molar-refractivity contribution in [2.75, 3.05) is 11.6 Å². The first-order valence-electron chi connectivity index (χ1n) is 7.10. The van der Waals surface area contributed by atoms with Gasteiger partial charge in [0.2, 0.25) is 5.91 Å². The molecule has 2 aromatic heterocycles. The van der Waals surface area contributed by atoms with Gasteiger partial charge in [-0.25, -0.2) is 15.0 Å². The van der Waals surface area contributed by atoms with Gasteiger partial charge >= 0.3 is 0 Å². The molecule has 0 aliphatic rings. The number of carbonyl (C=O) groups excluding carboxylic acids is 1. The minimum Gasteiger partial charge on any atom is -0.311 e. The molecule has 0 spiro atoms. The summed E-state index contributed by atoms with van der Waals surface area (Å²) in [5.41, 5.74) is 4.00. The molecule has 0 saturated carbocycles. The average Bonchev–Trinajstić information content (AvgIpc) is 2.46. The molecule has 0 bridgehead atoms. The van der Waals surface area contributed by atoms with Gasteiger partial charge < -0.3 is 5.32 Å². The van der Waals surface area contributed by atoms with E-state index in [2.05, 4.69) is 20.3 Å². The second kappa shape index (κ2) is 7.35. The van der Waals surface area contributed by atoms with Crippen molar-refractivity contribution in [2.24, 2.45) is 0 Å². The van der Waals surface area contributed by atoms with Crippen LogP contribution in [0.5, 0.6) is 0 Å². The van der Waals surface area contributed by atoms with Crippen LogP contribution in [0.25, 0.3) is 0 Å². The zero-order valence-electron chi connectivity index (χ0n) is 13.3. The maximum atomic E-state index is 12.0. The molecule has 0 radical (unpaired) electrons. The normalized spacial score (nSPS) is 10.5. The van der Waals surface area contributed by atoms with E-state index in [0.717, 1.165) is 27.7 Å². The van der Waals surface area contributed by atoms with Gasteiger partial charge in [0.05, 0.1) is 0 Å². The van der Waals surface area contributed by atoms with Crippen LogP contribution in [0.1, 0.15) is 28.9 Å². The second-order valence-corrected chi connectivity index (χ2v) is 5.90. The molecule has 0 aliphatic carbocycles. The molecular formula is C16H20N4OS. The lowest BCUT2D eigenvalue weighted by atomic mass is 10.1. The number of amides is 1. The van der Waals surface area contributed by atoms with Gasteiger partial charge in [0, 0.05) is 24.0 Å². The number of hydrogen-bond acceptors (Lipinski definition) is 5. The van der Waals surface area contributed by atoms with Crippen molar-refractivity contribution in [2.45, 2.75) is 38.8 Å². The molecule has 2 heterocycles. The summed E-state index contributed by atoms with van der Waals surface area (Å²) in [6.45, 7) is 5.89. The molecule has 0 aliphatic heterocycles. The van der Waals surface area contributed by atoms with E-state index in [1.54, 1.807) is 6.20 Å². The van der Waals surface area contributed by atoms with Crippen molar-refractivity contribution in [3.63, 3.8) is 0 Å². The molecular weight excluding hydrogens is 296 g/mol. The molecule has 5 nitrogen and oxygen atoms in total. The number of anilines is 1. The fraction of sp³-hybridized carbons (Fsp3) is 0.375. The average molecular weight is 316 g/mol. The highest BCUT2D eigenvalue weighted by atomic mass is 32.2.